The van der Waals surface area contributed by atoms with Crippen LogP contribution in [0, 0.1) is 10.1 Å². The van der Waals surface area contributed by atoms with E-state index in [1.807, 2.05) is 30.3 Å². The van der Waals surface area contributed by atoms with E-state index in [4.69, 9.17) is 17.0 Å². The maximum atomic E-state index is 13.0. The fourth-order valence-corrected chi connectivity index (χ4v) is 3.60. The Kier molecular flexibility index (Phi) is 5.93. The fourth-order valence-electron chi connectivity index (χ4n) is 3.24. The molecule has 0 aromatic heterocycles. The molecule has 0 unspecified atom stereocenters. The van der Waals surface area contributed by atoms with Gasteiger partial charge in [-0.2, -0.15) is 0 Å². The molecule has 2 aromatic carbocycles. The molecule has 0 saturated heterocycles. The van der Waals surface area contributed by atoms with Crippen molar-refractivity contribution in [2.75, 3.05) is 4.90 Å². The molecule has 0 saturated carbocycles. The zero-order chi connectivity index (χ0) is 21.1. The minimum absolute atomic E-state index is 0.0602. The van der Waals surface area contributed by atoms with E-state index in [2.05, 4.69) is 5.32 Å². The molecule has 150 valence electrons. The lowest BCUT2D eigenvalue weighted by atomic mass is 9.94. The molecule has 3 rings (SSSR count). The number of carbonyl (C=O) groups excluding carboxylic acids is 1. The van der Waals surface area contributed by atoms with Gasteiger partial charge in [0.05, 0.1) is 22.6 Å². The Morgan fingerprint density at radius 3 is 2.52 bits per heavy atom. The van der Waals surface area contributed by atoms with E-state index in [-0.39, 0.29) is 11.8 Å². The number of nitrogens with one attached hydrogen (secondary N) is 1. The largest absolute Gasteiger partial charge is 0.459 e. The van der Waals surface area contributed by atoms with Gasteiger partial charge in [0.1, 0.15) is 0 Å². The molecule has 0 radical (unpaired) electrons. The zero-order valence-electron chi connectivity index (χ0n) is 16.3. The molecule has 29 heavy (non-hydrogen) atoms. The second-order valence-electron chi connectivity index (χ2n) is 6.86. The van der Waals surface area contributed by atoms with E-state index in [1.165, 1.54) is 12.1 Å². The summed E-state index contributed by atoms with van der Waals surface area (Å²) in [5, 5.41) is 14.8. The molecule has 0 spiro atoms. The van der Waals surface area contributed by atoms with Gasteiger partial charge in [-0.3, -0.25) is 15.0 Å². The molecule has 0 bridgehead atoms. The quantitative estimate of drug-likeness (QED) is 0.341. The monoisotopic (exact) mass is 411 g/mol. The smallest absolute Gasteiger partial charge is 0.338 e. The summed E-state index contributed by atoms with van der Waals surface area (Å²) in [5.41, 5.74) is 2.27. The van der Waals surface area contributed by atoms with Crippen LogP contribution < -0.4 is 10.2 Å². The first kappa shape index (κ1) is 20.5. The molecule has 0 amide bonds. The van der Waals surface area contributed by atoms with Crippen LogP contribution >= 0.6 is 12.2 Å². The number of allylic oxidation sites excluding steroid dienone is 1. The number of hydrogen-bond acceptors (Lipinski definition) is 5. The summed E-state index contributed by atoms with van der Waals surface area (Å²) in [6.07, 6.45) is -0.312. The number of esters is 1. The standard InChI is InChI=1S/C21H21N3O4S/c1-13(2)28-20(25)18-14(3)23(16-9-5-4-6-10-16)21(29)22-19(18)15-8-7-11-17(12-15)24(26)27/h4-13,19H,1-3H3,(H,22,29)/t19-/m0/s1. The van der Waals surface area contributed by atoms with Crippen LogP contribution in [0.25, 0.3) is 0 Å². The third-order valence-corrected chi connectivity index (χ3v) is 4.78. The maximum Gasteiger partial charge on any atom is 0.338 e. The first-order valence-corrected chi connectivity index (χ1v) is 9.52. The Balaban J connectivity index is 2.14. The van der Waals surface area contributed by atoms with Crippen LogP contribution in [-0.2, 0) is 9.53 Å². The van der Waals surface area contributed by atoms with Crippen LogP contribution in [0.1, 0.15) is 32.4 Å². The van der Waals surface area contributed by atoms with Gasteiger partial charge in [-0.15, -0.1) is 0 Å². The van der Waals surface area contributed by atoms with E-state index in [0.29, 0.717) is 21.9 Å². The van der Waals surface area contributed by atoms with Crippen molar-refractivity contribution < 1.29 is 14.5 Å². The molecule has 1 N–H and O–H groups in total. The highest BCUT2D eigenvalue weighted by atomic mass is 32.1. The summed E-state index contributed by atoms with van der Waals surface area (Å²) in [6, 6.07) is 14.9. The van der Waals surface area contributed by atoms with Crippen LogP contribution in [0.4, 0.5) is 11.4 Å². The van der Waals surface area contributed by atoms with Gasteiger partial charge in [-0.25, -0.2) is 4.79 Å². The lowest BCUT2D eigenvalue weighted by Crippen LogP contribution is -2.48. The average molecular weight is 411 g/mol. The van der Waals surface area contributed by atoms with E-state index in [1.54, 1.807) is 37.8 Å². The number of ether oxygens (including phenoxy) is 1. The van der Waals surface area contributed by atoms with Crippen LogP contribution in [0.2, 0.25) is 0 Å². The second kappa shape index (κ2) is 8.40. The van der Waals surface area contributed by atoms with E-state index in [9.17, 15) is 14.9 Å². The summed E-state index contributed by atoms with van der Waals surface area (Å²) < 4.78 is 5.47. The number of thiocarbonyl (C=S) groups is 1. The van der Waals surface area contributed by atoms with Crippen molar-refractivity contribution in [3.8, 4) is 0 Å². The lowest BCUT2D eigenvalue weighted by molar-refractivity contribution is -0.384. The van der Waals surface area contributed by atoms with Crippen molar-refractivity contribution in [3.63, 3.8) is 0 Å². The number of nitro groups is 1. The average Bonchev–Trinajstić information content (AvgIpc) is 2.67. The van der Waals surface area contributed by atoms with Crippen molar-refractivity contribution in [1.82, 2.24) is 5.32 Å². The number of rotatable bonds is 5. The van der Waals surface area contributed by atoms with Gasteiger partial charge >= 0.3 is 5.97 Å². The van der Waals surface area contributed by atoms with Gasteiger partial charge < -0.3 is 10.1 Å². The lowest BCUT2D eigenvalue weighted by Gasteiger charge is -2.37. The van der Waals surface area contributed by atoms with Gasteiger partial charge in [0, 0.05) is 23.5 Å². The SMILES string of the molecule is CC1=C(C(=O)OC(C)C)[C@H](c2cccc([N+](=O)[O-])c2)NC(=S)N1c1ccccc1. The number of non-ortho nitro benzene ring substituents is 1. The number of para-hydroxylation sites is 1. The number of anilines is 1. The summed E-state index contributed by atoms with van der Waals surface area (Å²) in [7, 11) is 0. The molecule has 2 aromatic rings. The van der Waals surface area contributed by atoms with Gasteiger partial charge in [0.15, 0.2) is 5.11 Å². The molecular weight excluding hydrogens is 390 g/mol. The van der Waals surface area contributed by atoms with E-state index in [0.717, 1.165) is 5.69 Å². The molecule has 1 aliphatic rings. The summed E-state index contributed by atoms with van der Waals surface area (Å²) in [6.45, 7) is 5.33. The predicted molar refractivity (Wildman–Crippen MR) is 114 cm³/mol. The van der Waals surface area contributed by atoms with Crippen molar-refractivity contribution in [2.24, 2.45) is 0 Å². The summed E-state index contributed by atoms with van der Waals surface area (Å²) in [4.78, 5) is 25.5. The molecule has 1 aliphatic heterocycles. The second-order valence-corrected chi connectivity index (χ2v) is 7.25. The van der Waals surface area contributed by atoms with Crippen molar-refractivity contribution in [1.29, 1.82) is 0 Å². The zero-order valence-corrected chi connectivity index (χ0v) is 17.1. The topological polar surface area (TPSA) is 84.7 Å². The Hall–Kier alpha value is -3.26. The van der Waals surface area contributed by atoms with E-state index < -0.39 is 16.9 Å². The Morgan fingerprint density at radius 2 is 1.90 bits per heavy atom. The molecule has 7 nitrogen and oxygen atoms in total. The number of hydrogen-bond donors (Lipinski definition) is 1. The Morgan fingerprint density at radius 1 is 1.21 bits per heavy atom. The minimum Gasteiger partial charge on any atom is -0.459 e. The van der Waals surface area contributed by atoms with Gasteiger partial charge in [-0.05, 0) is 50.7 Å². The molecule has 8 heteroatoms. The highest BCUT2D eigenvalue weighted by molar-refractivity contribution is 7.80. The highest BCUT2D eigenvalue weighted by Gasteiger charge is 2.36. The van der Waals surface area contributed by atoms with Crippen LogP contribution in [0.15, 0.2) is 65.9 Å². The van der Waals surface area contributed by atoms with Crippen LogP contribution in [-0.4, -0.2) is 22.1 Å². The number of nitrogens with zero attached hydrogens (tertiary/aromatic N) is 2. The van der Waals surface area contributed by atoms with Crippen molar-refractivity contribution >= 4 is 34.7 Å². The maximum absolute atomic E-state index is 13.0. The Bertz CT molecular complexity index is 988. The Labute approximate surface area is 174 Å². The van der Waals surface area contributed by atoms with Gasteiger partial charge in [0.25, 0.3) is 5.69 Å². The molecule has 1 atom stereocenters. The summed E-state index contributed by atoms with van der Waals surface area (Å²) in [5.74, 6) is -0.495. The molecule has 1 heterocycles. The first-order chi connectivity index (χ1) is 13.8. The minimum atomic E-state index is -0.659. The summed E-state index contributed by atoms with van der Waals surface area (Å²) >= 11 is 5.57. The van der Waals surface area contributed by atoms with E-state index >= 15 is 0 Å². The third-order valence-electron chi connectivity index (χ3n) is 4.48. The number of benzene rings is 2. The first-order valence-electron chi connectivity index (χ1n) is 9.11. The number of carbonyl (C=O) groups is 1. The third kappa shape index (κ3) is 4.27. The molecule has 0 aliphatic carbocycles. The van der Waals surface area contributed by atoms with Crippen LogP contribution in [0.3, 0.4) is 0 Å². The fraction of sp³-hybridized carbons (Fsp3) is 0.238. The van der Waals surface area contributed by atoms with Crippen molar-refractivity contribution in [2.45, 2.75) is 32.9 Å². The predicted octanol–water partition coefficient (Wildman–Crippen LogP) is 4.26. The molecular formula is C21H21N3O4S. The van der Waals surface area contributed by atoms with Gasteiger partial charge in [0.2, 0.25) is 0 Å². The van der Waals surface area contributed by atoms with Gasteiger partial charge in [-0.1, -0.05) is 30.3 Å². The molecule has 0 fully saturated rings. The highest BCUT2D eigenvalue weighted by Crippen LogP contribution is 2.35. The normalized spacial score (nSPS) is 16.6. The van der Waals surface area contributed by atoms with Crippen molar-refractivity contribution in [3.05, 3.63) is 81.5 Å². The van der Waals surface area contributed by atoms with Crippen LogP contribution in [0.5, 0.6) is 0 Å². The number of nitro benzene ring substituents is 1.